The van der Waals surface area contributed by atoms with Crippen LogP contribution in [0.15, 0.2) is 0 Å². The maximum Gasteiger partial charge on any atom is 0.150 e. The first-order chi connectivity index (χ1) is 6.58. The van der Waals surface area contributed by atoms with Gasteiger partial charge in [-0.1, -0.05) is 12.8 Å². The minimum absolute atomic E-state index is 0.111. The second-order valence-electron chi connectivity index (χ2n) is 4.58. The summed E-state index contributed by atoms with van der Waals surface area (Å²) in [4.78, 5) is 0. The summed E-state index contributed by atoms with van der Waals surface area (Å²) in [5.74, 6) is 0.654. The zero-order chi connectivity index (χ0) is 10.2. The number of nitrogens with zero attached hydrogens (tertiary/aromatic N) is 1. The molecule has 2 aliphatic rings. The Morgan fingerprint density at radius 3 is 2.36 bits per heavy atom. The molecular weight excluding hydrogens is 198 g/mol. The van der Waals surface area contributed by atoms with Crippen molar-refractivity contribution >= 4 is 9.84 Å². The Bertz CT molecular complexity index is 360. The van der Waals surface area contributed by atoms with E-state index in [1.165, 1.54) is 0 Å². The Balaban J connectivity index is 2.20. The van der Waals surface area contributed by atoms with Gasteiger partial charge in [0.1, 0.15) is 0 Å². The molecule has 0 radical (unpaired) electrons. The van der Waals surface area contributed by atoms with Crippen LogP contribution in [0, 0.1) is 22.7 Å². The standard InChI is InChI=1S/C10H15NO2S/c11-8-10(4-1-2-5-10)9-3-6-14(12,13)7-9/h9H,1-7H2. The molecule has 1 atom stereocenters. The third-order valence-electron chi connectivity index (χ3n) is 3.73. The van der Waals surface area contributed by atoms with Crippen molar-refractivity contribution in [3.63, 3.8) is 0 Å². The van der Waals surface area contributed by atoms with Crippen molar-refractivity contribution in [2.75, 3.05) is 11.5 Å². The molecule has 2 fully saturated rings. The van der Waals surface area contributed by atoms with Gasteiger partial charge < -0.3 is 0 Å². The monoisotopic (exact) mass is 213 g/mol. The number of rotatable bonds is 1. The molecule has 4 heteroatoms. The van der Waals surface area contributed by atoms with Crippen LogP contribution in [0.5, 0.6) is 0 Å². The van der Waals surface area contributed by atoms with E-state index < -0.39 is 9.84 Å². The predicted molar refractivity (Wildman–Crippen MR) is 53.3 cm³/mol. The van der Waals surface area contributed by atoms with Gasteiger partial charge in [0.25, 0.3) is 0 Å². The van der Waals surface area contributed by atoms with Gasteiger partial charge >= 0.3 is 0 Å². The summed E-state index contributed by atoms with van der Waals surface area (Å²) in [5, 5.41) is 9.20. The molecule has 1 aliphatic carbocycles. The quantitative estimate of drug-likeness (QED) is 0.663. The first-order valence-electron chi connectivity index (χ1n) is 5.20. The zero-order valence-corrected chi connectivity index (χ0v) is 9.02. The lowest BCUT2D eigenvalue weighted by Gasteiger charge is -2.26. The molecule has 3 nitrogen and oxygen atoms in total. The van der Waals surface area contributed by atoms with Crippen molar-refractivity contribution in [1.82, 2.24) is 0 Å². The van der Waals surface area contributed by atoms with E-state index in [1.54, 1.807) is 0 Å². The number of hydrogen-bond donors (Lipinski definition) is 0. The lowest BCUT2D eigenvalue weighted by atomic mass is 9.75. The minimum Gasteiger partial charge on any atom is -0.229 e. The van der Waals surface area contributed by atoms with Crippen LogP contribution in [0.4, 0.5) is 0 Å². The molecule has 0 aromatic carbocycles. The van der Waals surface area contributed by atoms with E-state index in [0.717, 1.165) is 25.7 Å². The maximum absolute atomic E-state index is 11.3. The lowest BCUT2D eigenvalue weighted by Crippen LogP contribution is -2.26. The van der Waals surface area contributed by atoms with Crippen molar-refractivity contribution < 1.29 is 8.42 Å². The number of hydrogen-bond acceptors (Lipinski definition) is 3. The van der Waals surface area contributed by atoms with E-state index in [1.807, 2.05) is 0 Å². The predicted octanol–water partition coefficient (Wildman–Crippen LogP) is 1.51. The van der Waals surface area contributed by atoms with Gasteiger partial charge in [0.2, 0.25) is 0 Å². The van der Waals surface area contributed by atoms with E-state index in [-0.39, 0.29) is 17.1 Å². The first-order valence-corrected chi connectivity index (χ1v) is 7.02. The average molecular weight is 213 g/mol. The second kappa shape index (κ2) is 3.23. The highest BCUT2D eigenvalue weighted by molar-refractivity contribution is 7.91. The van der Waals surface area contributed by atoms with E-state index in [2.05, 4.69) is 6.07 Å². The molecule has 14 heavy (non-hydrogen) atoms. The van der Waals surface area contributed by atoms with Gasteiger partial charge in [0.15, 0.2) is 9.84 Å². The third kappa shape index (κ3) is 1.54. The van der Waals surface area contributed by atoms with E-state index in [0.29, 0.717) is 12.2 Å². The molecule has 0 aromatic rings. The average Bonchev–Trinajstić information content (AvgIpc) is 2.72. The molecule has 0 spiro atoms. The molecule has 0 aromatic heterocycles. The summed E-state index contributed by atoms with van der Waals surface area (Å²) >= 11 is 0. The Labute approximate surface area is 85.0 Å². The van der Waals surface area contributed by atoms with Gasteiger partial charge in [0.05, 0.1) is 23.0 Å². The maximum atomic E-state index is 11.3. The SMILES string of the molecule is N#CC1(C2CCS(=O)(=O)C2)CCCC1. The Kier molecular flexibility index (Phi) is 2.30. The van der Waals surface area contributed by atoms with Gasteiger partial charge in [0, 0.05) is 0 Å². The highest BCUT2D eigenvalue weighted by atomic mass is 32.2. The normalized spacial score (nSPS) is 34.1. The van der Waals surface area contributed by atoms with E-state index in [4.69, 9.17) is 0 Å². The summed E-state index contributed by atoms with van der Waals surface area (Å²) < 4.78 is 22.7. The van der Waals surface area contributed by atoms with Crippen molar-refractivity contribution in [1.29, 1.82) is 5.26 Å². The van der Waals surface area contributed by atoms with Gasteiger partial charge in [-0.2, -0.15) is 5.26 Å². The summed E-state index contributed by atoms with van der Waals surface area (Å²) in [5.41, 5.74) is -0.302. The molecular formula is C10H15NO2S. The summed E-state index contributed by atoms with van der Waals surface area (Å²) in [6.45, 7) is 0. The Morgan fingerprint density at radius 2 is 1.93 bits per heavy atom. The fraction of sp³-hybridized carbons (Fsp3) is 0.900. The van der Waals surface area contributed by atoms with Gasteiger partial charge in [-0.05, 0) is 25.2 Å². The van der Waals surface area contributed by atoms with Crippen molar-refractivity contribution in [3.05, 3.63) is 0 Å². The highest BCUT2D eigenvalue weighted by Crippen LogP contribution is 2.47. The van der Waals surface area contributed by atoms with Crippen molar-refractivity contribution in [3.8, 4) is 6.07 Å². The number of sulfone groups is 1. The van der Waals surface area contributed by atoms with Gasteiger partial charge in [-0.25, -0.2) is 8.42 Å². The largest absolute Gasteiger partial charge is 0.229 e. The minimum atomic E-state index is -2.83. The third-order valence-corrected chi connectivity index (χ3v) is 5.50. The van der Waals surface area contributed by atoms with Crippen LogP contribution in [-0.4, -0.2) is 19.9 Å². The molecule has 1 heterocycles. The molecule has 1 saturated carbocycles. The zero-order valence-electron chi connectivity index (χ0n) is 8.20. The van der Waals surface area contributed by atoms with Crippen molar-refractivity contribution in [2.45, 2.75) is 32.1 Å². The molecule has 1 unspecified atom stereocenters. The lowest BCUT2D eigenvalue weighted by molar-refractivity contribution is 0.271. The van der Waals surface area contributed by atoms with Crippen molar-refractivity contribution in [2.24, 2.45) is 11.3 Å². The van der Waals surface area contributed by atoms with Crippen LogP contribution in [0.1, 0.15) is 32.1 Å². The fourth-order valence-electron chi connectivity index (χ4n) is 2.85. The topological polar surface area (TPSA) is 57.9 Å². The van der Waals surface area contributed by atoms with Crippen LogP contribution in [0.25, 0.3) is 0 Å². The van der Waals surface area contributed by atoms with E-state index >= 15 is 0 Å². The second-order valence-corrected chi connectivity index (χ2v) is 6.80. The molecule has 0 N–H and O–H groups in total. The molecule has 78 valence electrons. The van der Waals surface area contributed by atoms with E-state index in [9.17, 15) is 13.7 Å². The van der Waals surface area contributed by atoms with Crippen LogP contribution >= 0.6 is 0 Å². The Morgan fingerprint density at radius 1 is 1.29 bits per heavy atom. The summed E-state index contributed by atoms with van der Waals surface area (Å²) in [7, 11) is -2.83. The van der Waals surface area contributed by atoms with Crippen LogP contribution in [0.3, 0.4) is 0 Å². The molecule has 2 rings (SSSR count). The highest BCUT2D eigenvalue weighted by Gasteiger charge is 2.46. The molecule has 0 bridgehead atoms. The van der Waals surface area contributed by atoms with Crippen LogP contribution in [-0.2, 0) is 9.84 Å². The van der Waals surface area contributed by atoms with Gasteiger partial charge in [-0.15, -0.1) is 0 Å². The first kappa shape index (κ1) is 9.97. The van der Waals surface area contributed by atoms with Crippen LogP contribution < -0.4 is 0 Å². The summed E-state index contributed by atoms with van der Waals surface area (Å²) in [6.07, 6.45) is 4.69. The molecule has 1 aliphatic heterocycles. The number of nitriles is 1. The summed E-state index contributed by atoms with van der Waals surface area (Å²) in [6, 6.07) is 2.39. The molecule has 0 amide bonds. The smallest absolute Gasteiger partial charge is 0.150 e. The molecule has 1 saturated heterocycles. The van der Waals surface area contributed by atoms with Gasteiger partial charge in [-0.3, -0.25) is 0 Å². The fourth-order valence-corrected chi connectivity index (χ4v) is 4.76. The van der Waals surface area contributed by atoms with Crippen LogP contribution in [0.2, 0.25) is 0 Å². The Hall–Kier alpha value is -0.560.